The topological polar surface area (TPSA) is 66.7 Å². The Balaban J connectivity index is 1.71. The van der Waals surface area contributed by atoms with Gasteiger partial charge in [-0.25, -0.2) is 8.42 Å². The van der Waals surface area contributed by atoms with Crippen LogP contribution in [0.2, 0.25) is 5.02 Å². The number of halogens is 1. The van der Waals surface area contributed by atoms with Crippen molar-refractivity contribution in [3.8, 4) is 0 Å². The van der Waals surface area contributed by atoms with E-state index in [1.807, 2.05) is 6.07 Å². The van der Waals surface area contributed by atoms with Crippen molar-refractivity contribution in [1.29, 1.82) is 0 Å². The highest BCUT2D eigenvalue weighted by Crippen LogP contribution is 2.24. The molecule has 0 spiro atoms. The van der Waals surface area contributed by atoms with Gasteiger partial charge >= 0.3 is 0 Å². The minimum Gasteiger partial charge on any atom is -0.356 e. The van der Waals surface area contributed by atoms with E-state index >= 15 is 0 Å². The van der Waals surface area contributed by atoms with Crippen molar-refractivity contribution in [1.82, 2.24) is 14.4 Å². The predicted octanol–water partition coefficient (Wildman–Crippen LogP) is 1.56. The average Bonchev–Trinajstić information content (AvgIpc) is 2.81. The van der Waals surface area contributed by atoms with Crippen molar-refractivity contribution in [2.24, 2.45) is 0 Å². The van der Waals surface area contributed by atoms with E-state index in [2.05, 4.69) is 10.1 Å². The van der Waals surface area contributed by atoms with Crippen molar-refractivity contribution in [2.45, 2.75) is 6.54 Å². The number of rotatable bonds is 3. The fraction of sp³-hybridized carbons (Fsp3) is 0.462. The molecule has 8 heteroatoms. The van der Waals surface area contributed by atoms with E-state index in [0.29, 0.717) is 43.3 Å². The van der Waals surface area contributed by atoms with E-state index in [4.69, 9.17) is 16.1 Å². The van der Waals surface area contributed by atoms with Crippen LogP contribution in [0.4, 0.5) is 0 Å². The molecule has 2 aromatic rings. The van der Waals surface area contributed by atoms with Crippen LogP contribution >= 0.6 is 11.6 Å². The number of nitrogens with zero attached hydrogens (tertiary/aromatic N) is 3. The molecular formula is C13H16ClN3O3S. The minimum absolute atomic E-state index is 0.509. The molecule has 114 valence electrons. The first-order valence-electron chi connectivity index (χ1n) is 6.65. The van der Waals surface area contributed by atoms with Crippen LogP contribution in [0.15, 0.2) is 22.7 Å². The Hall–Kier alpha value is -1.15. The second kappa shape index (κ2) is 5.57. The van der Waals surface area contributed by atoms with Gasteiger partial charge in [0.15, 0.2) is 5.58 Å². The first kappa shape index (κ1) is 14.8. The first-order valence-corrected chi connectivity index (χ1v) is 8.87. The van der Waals surface area contributed by atoms with Crippen LogP contribution in [0, 0.1) is 0 Å². The lowest BCUT2D eigenvalue weighted by atomic mass is 10.2. The van der Waals surface area contributed by atoms with E-state index in [1.54, 1.807) is 12.1 Å². The van der Waals surface area contributed by atoms with Gasteiger partial charge in [-0.2, -0.15) is 4.31 Å². The second-order valence-corrected chi connectivity index (χ2v) is 7.63. The molecule has 0 atom stereocenters. The molecule has 6 nitrogen and oxygen atoms in total. The molecule has 21 heavy (non-hydrogen) atoms. The van der Waals surface area contributed by atoms with Gasteiger partial charge in [0, 0.05) is 43.1 Å². The van der Waals surface area contributed by atoms with Gasteiger partial charge in [-0.3, -0.25) is 4.90 Å². The molecule has 0 aliphatic carbocycles. The summed E-state index contributed by atoms with van der Waals surface area (Å²) in [6.07, 6.45) is 1.25. The lowest BCUT2D eigenvalue weighted by Gasteiger charge is -2.32. The number of sulfonamides is 1. The lowest BCUT2D eigenvalue weighted by molar-refractivity contribution is 0.179. The van der Waals surface area contributed by atoms with Crippen molar-refractivity contribution >= 4 is 32.6 Å². The Morgan fingerprint density at radius 1 is 1.29 bits per heavy atom. The molecular weight excluding hydrogens is 314 g/mol. The third-order valence-electron chi connectivity index (χ3n) is 3.68. The third kappa shape index (κ3) is 3.21. The van der Waals surface area contributed by atoms with Gasteiger partial charge in [0.25, 0.3) is 0 Å². The summed E-state index contributed by atoms with van der Waals surface area (Å²) in [4.78, 5) is 2.17. The molecule has 1 saturated heterocycles. The van der Waals surface area contributed by atoms with Gasteiger partial charge in [0.2, 0.25) is 10.0 Å². The highest BCUT2D eigenvalue weighted by Gasteiger charge is 2.24. The molecule has 1 aromatic heterocycles. The number of hydrogen-bond donors (Lipinski definition) is 0. The molecule has 0 unspecified atom stereocenters. The second-order valence-electron chi connectivity index (χ2n) is 5.21. The number of aromatic nitrogens is 1. The molecule has 2 heterocycles. The zero-order chi connectivity index (χ0) is 15.0. The van der Waals surface area contributed by atoms with Crippen molar-refractivity contribution in [2.75, 3.05) is 32.4 Å². The smallest absolute Gasteiger partial charge is 0.211 e. The van der Waals surface area contributed by atoms with Crippen LogP contribution in [-0.4, -0.2) is 55.2 Å². The molecule has 1 aliphatic rings. The molecule has 0 N–H and O–H groups in total. The monoisotopic (exact) mass is 329 g/mol. The van der Waals surface area contributed by atoms with E-state index in [0.717, 1.165) is 11.1 Å². The largest absolute Gasteiger partial charge is 0.356 e. The Kier molecular flexibility index (Phi) is 3.92. The third-order valence-corrected chi connectivity index (χ3v) is 5.22. The van der Waals surface area contributed by atoms with Crippen LogP contribution in [0.1, 0.15) is 5.69 Å². The summed E-state index contributed by atoms with van der Waals surface area (Å²) in [5, 5.41) is 5.65. The van der Waals surface area contributed by atoms with Crippen LogP contribution < -0.4 is 0 Å². The number of hydrogen-bond acceptors (Lipinski definition) is 5. The molecule has 0 bridgehead atoms. The minimum atomic E-state index is -3.10. The summed E-state index contributed by atoms with van der Waals surface area (Å²) in [7, 11) is -3.10. The van der Waals surface area contributed by atoms with Crippen LogP contribution in [0.25, 0.3) is 11.0 Å². The van der Waals surface area contributed by atoms with Crippen LogP contribution in [0.5, 0.6) is 0 Å². The zero-order valence-electron chi connectivity index (χ0n) is 11.6. The van der Waals surface area contributed by atoms with Gasteiger partial charge in [0.1, 0.15) is 5.69 Å². The van der Waals surface area contributed by atoms with E-state index in [9.17, 15) is 8.42 Å². The van der Waals surface area contributed by atoms with Crippen molar-refractivity contribution in [3.63, 3.8) is 0 Å². The maximum Gasteiger partial charge on any atom is 0.211 e. The van der Waals surface area contributed by atoms with Gasteiger partial charge in [-0.05, 0) is 18.2 Å². The molecule has 0 radical (unpaired) electrons. The molecule has 1 fully saturated rings. The summed E-state index contributed by atoms with van der Waals surface area (Å²) in [6.45, 7) is 3.01. The number of fused-ring (bicyclic) bond motifs is 1. The molecule has 0 amide bonds. The van der Waals surface area contributed by atoms with Gasteiger partial charge in [0.05, 0.1) is 6.26 Å². The Labute approximate surface area is 128 Å². The summed E-state index contributed by atoms with van der Waals surface area (Å²) < 4.78 is 29.8. The summed E-state index contributed by atoms with van der Waals surface area (Å²) >= 11 is 6.00. The van der Waals surface area contributed by atoms with Crippen LogP contribution in [0.3, 0.4) is 0 Å². The van der Waals surface area contributed by atoms with Gasteiger partial charge < -0.3 is 4.52 Å². The Morgan fingerprint density at radius 2 is 2.00 bits per heavy atom. The lowest BCUT2D eigenvalue weighted by Crippen LogP contribution is -2.47. The maximum absolute atomic E-state index is 11.5. The van der Waals surface area contributed by atoms with E-state index in [-0.39, 0.29) is 0 Å². The quantitative estimate of drug-likeness (QED) is 0.855. The summed E-state index contributed by atoms with van der Waals surface area (Å²) in [6, 6.07) is 5.41. The molecule has 0 saturated carbocycles. The standard InChI is InChI=1S/C13H16ClN3O3S/c1-21(18,19)17-6-4-16(5-7-17)9-12-11-8-10(14)2-3-13(11)20-15-12/h2-3,8H,4-7,9H2,1H3. The summed E-state index contributed by atoms with van der Waals surface area (Å²) in [5.41, 5.74) is 1.55. The highest BCUT2D eigenvalue weighted by atomic mass is 35.5. The normalized spacial score (nSPS) is 18.4. The highest BCUT2D eigenvalue weighted by molar-refractivity contribution is 7.88. The Morgan fingerprint density at radius 3 is 2.67 bits per heavy atom. The predicted molar refractivity (Wildman–Crippen MR) is 80.7 cm³/mol. The van der Waals surface area contributed by atoms with Crippen molar-refractivity contribution < 1.29 is 12.9 Å². The number of benzene rings is 1. The van der Waals surface area contributed by atoms with Crippen LogP contribution in [-0.2, 0) is 16.6 Å². The molecule has 1 aromatic carbocycles. The Bertz CT molecular complexity index is 751. The van der Waals surface area contributed by atoms with Crippen molar-refractivity contribution in [3.05, 3.63) is 28.9 Å². The van der Waals surface area contributed by atoms with E-state index in [1.165, 1.54) is 10.6 Å². The fourth-order valence-corrected chi connectivity index (χ4v) is 3.50. The molecule has 3 rings (SSSR count). The van der Waals surface area contributed by atoms with E-state index < -0.39 is 10.0 Å². The zero-order valence-corrected chi connectivity index (χ0v) is 13.2. The maximum atomic E-state index is 11.5. The summed E-state index contributed by atoms with van der Waals surface area (Å²) in [5.74, 6) is 0. The average molecular weight is 330 g/mol. The SMILES string of the molecule is CS(=O)(=O)N1CCN(Cc2noc3ccc(Cl)cc23)CC1. The first-order chi connectivity index (χ1) is 9.93. The fourth-order valence-electron chi connectivity index (χ4n) is 2.51. The van der Waals surface area contributed by atoms with Gasteiger partial charge in [-0.15, -0.1) is 0 Å². The molecule has 1 aliphatic heterocycles. The van der Waals surface area contributed by atoms with Gasteiger partial charge in [-0.1, -0.05) is 16.8 Å². The number of piperazine rings is 1.